The first-order valence-electron chi connectivity index (χ1n) is 2.50. The Morgan fingerprint density at radius 3 is 2.67 bits per heavy atom. The van der Waals surface area contributed by atoms with Gasteiger partial charge in [-0.2, -0.15) is 0 Å². The van der Waals surface area contributed by atoms with Crippen LogP contribution < -0.4 is 4.57 Å². The van der Waals surface area contributed by atoms with Crippen LogP contribution in [-0.4, -0.2) is 0 Å². The number of nitrogens with zero attached hydrogens (tertiary/aromatic N) is 1. The summed E-state index contributed by atoms with van der Waals surface area (Å²) in [4.78, 5) is 0. The zero-order valence-corrected chi connectivity index (χ0v) is 8.68. The SMILES string of the molecule is C[n+]1cc(Br)cc(I)c1. The summed E-state index contributed by atoms with van der Waals surface area (Å²) in [5.74, 6) is 0. The average Bonchev–Trinajstić information content (AvgIpc) is 1.59. The minimum atomic E-state index is 1.12. The molecular formula is C6H6BrIN+. The van der Waals surface area contributed by atoms with Gasteiger partial charge in [-0.15, -0.1) is 0 Å². The van der Waals surface area contributed by atoms with Crippen LogP contribution in [0.2, 0.25) is 0 Å². The highest BCUT2D eigenvalue weighted by Gasteiger charge is 1.96. The average molecular weight is 299 g/mol. The van der Waals surface area contributed by atoms with E-state index in [9.17, 15) is 0 Å². The number of pyridine rings is 1. The van der Waals surface area contributed by atoms with Crippen molar-refractivity contribution in [2.45, 2.75) is 0 Å². The van der Waals surface area contributed by atoms with E-state index in [0.717, 1.165) is 4.47 Å². The third-order valence-corrected chi connectivity index (χ3v) is 1.95. The van der Waals surface area contributed by atoms with Crippen molar-refractivity contribution in [1.82, 2.24) is 0 Å². The van der Waals surface area contributed by atoms with Crippen LogP contribution in [0.1, 0.15) is 0 Å². The topological polar surface area (TPSA) is 3.88 Å². The fourth-order valence-corrected chi connectivity index (χ4v) is 2.40. The molecule has 0 aromatic carbocycles. The third-order valence-electron chi connectivity index (χ3n) is 0.930. The maximum Gasteiger partial charge on any atom is 0.182 e. The predicted octanol–water partition coefficient (Wildman–Crippen LogP) is 1.88. The summed E-state index contributed by atoms with van der Waals surface area (Å²) >= 11 is 5.67. The molecule has 0 amide bonds. The summed E-state index contributed by atoms with van der Waals surface area (Å²) in [5.41, 5.74) is 0. The van der Waals surface area contributed by atoms with Crippen molar-refractivity contribution in [2.75, 3.05) is 0 Å². The molecule has 0 aliphatic rings. The van der Waals surface area contributed by atoms with E-state index in [4.69, 9.17) is 0 Å². The van der Waals surface area contributed by atoms with Crippen molar-refractivity contribution < 1.29 is 4.57 Å². The Kier molecular flexibility index (Phi) is 2.46. The monoisotopic (exact) mass is 298 g/mol. The smallest absolute Gasteiger partial charge is 0.182 e. The van der Waals surface area contributed by atoms with Gasteiger partial charge < -0.3 is 0 Å². The molecule has 0 spiro atoms. The summed E-state index contributed by atoms with van der Waals surface area (Å²) < 4.78 is 4.38. The number of aromatic nitrogens is 1. The van der Waals surface area contributed by atoms with Gasteiger partial charge in [0.15, 0.2) is 12.4 Å². The van der Waals surface area contributed by atoms with Crippen molar-refractivity contribution in [2.24, 2.45) is 7.05 Å². The Morgan fingerprint density at radius 2 is 2.22 bits per heavy atom. The molecule has 0 bridgehead atoms. The lowest BCUT2D eigenvalue weighted by Gasteiger charge is -1.88. The Hall–Kier alpha value is 0.360. The highest BCUT2D eigenvalue weighted by Crippen LogP contribution is 2.09. The first-order valence-corrected chi connectivity index (χ1v) is 4.37. The van der Waals surface area contributed by atoms with Gasteiger partial charge in [0.25, 0.3) is 0 Å². The van der Waals surface area contributed by atoms with Crippen molar-refractivity contribution in [3.8, 4) is 0 Å². The second kappa shape index (κ2) is 2.96. The van der Waals surface area contributed by atoms with Gasteiger partial charge >= 0.3 is 0 Å². The maximum atomic E-state index is 3.39. The first-order chi connectivity index (χ1) is 4.18. The number of hydrogen-bond acceptors (Lipinski definition) is 0. The molecular weight excluding hydrogens is 293 g/mol. The molecule has 0 radical (unpaired) electrons. The van der Waals surface area contributed by atoms with E-state index in [1.165, 1.54) is 3.57 Å². The van der Waals surface area contributed by atoms with Crippen LogP contribution in [0.5, 0.6) is 0 Å². The Balaban J connectivity index is 3.17. The maximum absolute atomic E-state index is 3.39. The molecule has 1 aromatic heterocycles. The second-order valence-corrected chi connectivity index (χ2v) is 4.00. The first kappa shape index (κ1) is 7.47. The van der Waals surface area contributed by atoms with Gasteiger partial charge in [0.05, 0.1) is 8.04 Å². The largest absolute Gasteiger partial charge is 0.206 e. The number of halogens is 2. The Morgan fingerprint density at radius 1 is 1.56 bits per heavy atom. The van der Waals surface area contributed by atoms with Gasteiger partial charge in [0.2, 0.25) is 0 Å². The second-order valence-electron chi connectivity index (χ2n) is 1.84. The third kappa shape index (κ3) is 2.21. The van der Waals surface area contributed by atoms with Gasteiger partial charge in [-0.25, -0.2) is 4.57 Å². The van der Waals surface area contributed by atoms with E-state index in [-0.39, 0.29) is 0 Å². The molecule has 0 unspecified atom stereocenters. The molecule has 0 N–H and O–H groups in total. The van der Waals surface area contributed by atoms with Crippen molar-refractivity contribution in [3.05, 3.63) is 26.5 Å². The number of aryl methyl sites for hydroxylation is 1. The molecule has 48 valence electrons. The Labute approximate surface area is 76.4 Å². The molecule has 1 nitrogen and oxygen atoms in total. The van der Waals surface area contributed by atoms with E-state index in [1.807, 2.05) is 17.8 Å². The van der Waals surface area contributed by atoms with Crippen LogP contribution in [0.3, 0.4) is 0 Å². The van der Waals surface area contributed by atoms with Crippen LogP contribution in [0, 0.1) is 3.57 Å². The molecule has 1 rings (SSSR count). The van der Waals surface area contributed by atoms with E-state index in [0.29, 0.717) is 0 Å². The van der Waals surface area contributed by atoms with Crippen LogP contribution in [0.4, 0.5) is 0 Å². The molecule has 9 heavy (non-hydrogen) atoms. The lowest BCUT2D eigenvalue weighted by Crippen LogP contribution is -2.26. The molecule has 0 saturated heterocycles. The van der Waals surface area contributed by atoms with Gasteiger partial charge in [0, 0.05) is 0 Å². The quantitative estimate of drug-likeness (QED) is 0.509. The summed E-state index contributed by atoms with van der Waals surface area (Å²) in [6, 6.07) is 2.07. The van der Waals surface area contributed by atoms with Crippen molar-refractivity contribution in [3.63, 3.8) is 0 Å². The highest BCUT2D eigenvalue weighted by molar-refractivity contribution is 14.1. The summed E-state index contributed by atoms with van der Waals surface area (Å²) in [6.07, 6.45) is 4.08. The zero-order chi connectivity index (χ0) is 6.85. The fraction of sp³-hybridized carbons (Fsp3) is 0.167. The molecule has 0 fully saturated rings. The summed E-state index contributed by atoms with van der Waals surface area (Å²) in [7, 11) is 2.01. The number of hydrogen-bond donors (Lipinski definition) is 0. The predicted molar refractivity (Wildman–Crippen MR) is 48.0 cm³/mol. The normalized spacial score (nSPS) is 9.67. The minimum Gasteiger partial charge on any atom is -0.206 e. The lowest BCUT2D eigenvalue weighted by molar-refractivity contribution is -0.672. The minimum absolute atomic E-state index is 1.12. The lowest BCUT2D eigenvalue weighted by atomic mass is 10.5. The molecule has 0 atom stereocenters. The molecule has 0 aliphatic heterocycles. The van der Waals surface area contributed by atoms with Crippen LogP contribution in [0.15, 0.2) is 22.9 Å². The van der Waals surface area contributed by atoms with Gasteiger partial charge in [0.1, 0.15) is 7.05 Å². The highest BCUT2D eigenvalue weighted by atomic mass is 127. The van der Waals surface area contributed by atoms with Crippen LogP contribution >= 0.6 is 38.5 Å². The zero-order valence-electron chi connectivity index (χ0n) is 4.94. The van der Waals surface area contributed by atoms with Gasteiger partial charge in [-0.3, -0.25) is 0 Å². The van der Waals surface area contributed by atoms with E-state index in [2.05, 4.69) is 50.8 Å². The van der Waals surface area contributed by atoms with Crippen molar-refractivity contribution in [1.29, 1.82) is 0 Å². The fourth-order valence-electron chi connectivity index (χ4n) is 0.633. The molecule has 3 heteroatoms. The molecule has 1 heterocycles. The van der Waals surface area contributed by atoms with Gasteiger partial charge in [-0.05, 0) is 44.6 Å². The summed E-state index contributed by atoms with van der Waals surface area (Å²) in [6.45, 7) is 0. The van der Waals surface area contributed by atoms with E-state index in [1.54, 1.807) is 0 Å². The van der Waals surface area contributed by atoms with Gasteiger partial charge in [-0.1, -0.05) is 0 Å². The Bertz CT molecular complexity index is 174. The number of rotatable bonds is 0. The van der Waals surface area contributed by atoms with Crippen LogP contribution in [0.25, 0.3) is 0 Å². The van der Waals surface area contributed by atoms with E-state index < -0.39 is 0 Å². The molecule has 1 aromatic rings. The summed E-state index contributed by atoms with van der Waals surface area (Å²) in [5, 5.41) is 0. The van der Waals surface area contributed by atoms with E-state index >= 15 is 0 Å². The van der Waals surface area contributed by atoms with Crippen LogP contribution in [-0.2, 0) is 7.05 Å². The van der Waals surface area contributed by atoms with Crippen molar-refractivity contribution >= 4 is 38.5 Å². The molecule has 0 aliphatic carbocycles. The molecule has 0 saturated carbocycles. The standard InChI is InChI=1S/C6H6BrIN/c1-9-3-5(7)2-6(8)4-9/h2-4H,1H3/q+1.